The number of alkyl halides is 3. The molecule has 1 aliphatic rings. The first-order valence-corrected chi connectivity index (χ1v) is 8.53. The topological polar surface area (TPSA) is 96.9 Å². The molecule has 1 heterocycles. The summed E-state index contributed by atoms with van der Waals surface area (Å²) in [5.41, 5.74) is -0.433. The number of rotatable bonds is 6. The molecule has 0 fully saturated rings. The number of aliphatic hydroxyl groups excluding tert-OH is 1. The lowest BCUT2D eigenvalue weighted by Gasteiger charge is -2.17. The first-order chi connectivity index (χ1) is 13.8. The average molecular weight is 410 g/mol. The van der Waals surface area contributed by atoms with Crippen molar-refractivity contribution in [3.05, 3.63) is 53.6 Å². The number of carbonyl (C=O) groups excluding carboxylic acids is 2. The number of fused-ring (bicyclic) bond motifs is 1. The van der Waals surface area contributed by atoms with Crippen LogP contribution in [0.15, 0.2) is 42.5 Å². The van der Waals surface area contributed by atoms with E-state index in [0.29, 0.717) is 17.1 Å². The SMILES string of the molecule is O=C(Cc1ccc2c(c1)OCO2)NC(CO)C(=O)Nc1cccc(C(F)(F)F)c1. The van der Waals surface area contributed by atoms with E-state index in [9.17, 15) is 27.9 Å². The molecular weight excluding hydrogens is 393 g/mol. The third kappa shape index (κ3) is 5.17. The Morgan fingerprint density at radius 2 is 1.86 bits per heavy atom. The maximum absolute atomic E-state index is 12.8. The molecule has 1 atom stereocenters. The van der Waals surface area contributed by atoms with E-state index in [1.807, 2.05) is 0 Å². The van der Waals surface area contributed by atoms with Crippen molar-refractivity contribution >= 4 is 17.5 Å². The second-order valence-corrected chi connectivity index (χ2v) is 6.23. The van der Waals surface area contributed by atoms with Crippen LogP contribution in [0.3, 0.4) is 0 Å². The second kappa shape index (κ2) is 8.39. The molecule has 0 saturated heterocycles. The number of benzene rings is 2. The fourth-order valence-electron chi connectivity index (χ4n) is 2.68. The molecular formula is C19H17F3N2O5. The normalized spacial score (nSPS) is 13.7. The summed E-state index contributed by atoms with van der Waals surface area (Å²) in [5.74, 6) is -0.341. The van der Waals surface area contributed by atoms with E-state index in [2.05, 4.69) is 10.6 Å². The summed E-state index contributed by atoms with van der Waals surface area (Å²) in [6.45, 7) is -0.634. The van der Waals surface area contributed by atoms with Crippen molar-refractivity contribution in [1.29, 1.82) is 0 Å². The minimum Gasteiger partial charge on any atom is -0.454 e. The number of anilines is 1. The van der Waals surface area contributed by atoms with Crippen LogP contribution in [0.2, 0.25) is 0 Å². The molecule has 3 rings (SSSR count). The van der Waals surface area contributed by atoms with Crippen molar-refractivity contribution in [3.63, 3.8) is 0 Å². The van der Waals surface area contributed by atoms with Crippen molar-refractivity contribution in [2.24, 2.45) is 0 Å². The first-order valence-electron chi connectivity index (χ1n) is 8.53. The van der Waals surface area contributed by atoms with Gasteiger partial charge in [0.1, 0.15) is 6.04 Å². The molecule has 10 heteroatoms. The molecule has 0 bridgehead atoms. The molecule has 0 aromatic heterocycles. The molecule has 3 N–H and O–H groups in total. The number of hydrogen-bond donors (Lipinski definition) is 3. The van der Waals surface area contributed by atoms with Crippen LogP contribution in [0.4, 0.5) is 18.9 Å². The van der Waals surface area contributed by atoms with Crippen LogP contribution in [0.5, 0.6) is 11.5 Å². The molecule has 2 aromatic carbocycles. The van der Waals surface area contributed by atoms with Gasteiger partial charge in [0.15, 0.2) is 11.5 Å². The Bertz CT molecular complexity index is 917. The van der Waals surface area contributed by atoms with Crippen LogP contribution < -0.4 is 20.1 Å². The van der Waals surface area contributed by atoms with Gasteiger partial charge in [-0.15, -0.1) is 0 Å². The molecule has 29 heavy (non-hydrogen) atoms. The standard InChI is InChI=1S/C19H17F3N2O5/c20-19(21,22)12-2-1-3-13(8-12)23-18(27)14(9-25)24-17(26)7-11-4-5-15-16(6-11)29-10-28-15/h1-6,8,14,25H,7,9-10H2,(H,23,27)(H,24,26). The van der Waals surface area contributed by atoms with Crippen LogP contribution >= 0.6 is 0 Å². The molecule has 7 nitrogen and oxygen atoms in total. The third-order valence-corrected chi connectivity index (χ3v) is 4.09. The molecule has 2 amide bonds. The van der Waals surface area contributed by atoms with E-state index in [0.717, 1.165) is 18.2 Å². The highest BCUT2D eigenvalue weighted by atomic mass is 19.4. The van der Waals surface area contributed by atoms with E-state index >= 15 is 0 Å². The van der Waals surface area contributed by atoms with Gasteiger partial charge in [0.05, 0.1) is 18.6 Å². The maximum atomic E-state index is 12.8. The molecule has 1 unspecified atom stereocenters. The number of hydrogen-bond acceptors (Lipinski definition) is 5. The lowest BCUT2D eigenvalue weighted by atomic mass is 10.1. The van der Waals surface area contributed by atoms with Crippen molar-refractivity contribution in [2.75, 3.05) is 18.7 Å². The Labute approximate surface area is 163 Å². The minimum absolute atomic E-state index is 0.0906. The summed E-state index contributed by atoms with van der Waals surface area (Å²) in [5, 5.41) is 14.0. The highest BCUT2D eigenvalue weighted by Gasteiger charge is 2.30. The number of ether oxygens (including phenoxy) is 2. The summed E-state index contributed by atoms with van der Waals surface area (Å²) in [4.78, 5) is 24.4. The van der Waals surface area contributed by atoms with Crippen molar-refractivity contribution in [1.82, 2.24) is 5.32 Å². The van der Waals surface area contributed by atoms with Gasteiger partial charge < -0.3 is 25.2 Å². The zero-order valence-corrected chi connectivity index (χ0v) is 15.0. The minimum atomic E-state index is -4.56. The van der Waals surface area contributed by atoms with E-state index in [4.69, 9.17) is 9.47 Å². The van der Waals surface area contributed by atoms with E-state index < -0.39 is 36.2 Å². The molecule has 0 radical (unpaired) electrons. The Morgan fingerprint density at radius 1 is 1.10 bits per heavy atom. The van der Waals surface area contributed by atoms with Gasteiger partial charge in [-0.05, 0) is 35.9 Å². The lowest BCUT2D eigenvalue weighted by Crippen LogP contribution is -2.46. The fraction of sp³-hybridized carbons (Fsp3) is 0.263. The zero-order valence-electron chi connectivity index (χ0n) is 15.0. The summed E-state index contributed by atoms with van der Waals surface area (Å²) in [7, 11) is 0. The number of amides is 2. The molecule has 2 aromatic rings. The van der Waals surface area contributed by atoms with Gasteiger partial charge in [-0.2, -0.15) is 13.2 Å². The zero-order chi connectivity index (χ0) is 21.0. The van der Waals surface area contributed by atoms with Crippen LogP contribution in [0.25, 0.3) is 0 Å². The monoisotopic (exact) mass is 410 g/mol. The Balaban J connectivity index is 1.60. The molecule has 0 aliphatic carbocycles. The Kier molecular flexibility index (Phi) is 5.92. The fourth-order valence-corrected chi connectivity index (χ4v) is 2.68. The second-order valence-electron chi connectivity index (χ2n) is 6.23. The highest BCUT2D eigenvalue weighted by Crippen LogP contribution is 2.32. The van der Waals surface area contributed by atoms with Crippen LogP contribution in [-0.4, -0.2) is 36.4 Å². The number of carbonyl (C=O) groups is 2. The predicted molar refractivity (Wildman–Crippen MR) is 95.4 cm³/mol. The Hall–Kier alpha value is -3.27. The summed E-state index contributed by atoms with van der Waals surface area (Å²) >= 11 is 0. The van der Waals surface area contributed by atoms with Crippen molar-refractivity contribution < 1.29 is 37.3 Å². The average Bonchev–Trinajstić information content (AvgIpc) is 3.13. The molecule has 0 saturated carbocycles. The molecule has 0 spiro atoms. The van der Waals surface area contributed by atoms with Crippen LogP contribution in [0, 0.1) is 0 Å². The summed E-state index contributed by atoms with van der Waals surface area (Å²) in [6.07, 6.45) is -4.65. The third-order valence-electron chi connectivity index (χ3n) is 4.09. The maximum Gasteiger partial charge on any atom is 0.416 e. The predicted octanol–water partition coefficient (Wildman–Crippen LogP) is 2.09. The van der Waals surface area contributed by atoms with E-state index in [1.54, 1.807) is 18.2 Å². The van der Waals surface area contributed by atoms with Crippen LogP contribution in [0.1, 0.15) is 11.1 Å². The van der Waals surface area contributed by atoms with Gasteiger partial charge in [-0.25, -0.2) is 0 Å². The van der Waals surface area contributed by atoms with Gasteiger partial charge in [0.25, 0.3) is 0 Å². The summed E-state index contributed by atoms with van der Waals surface area (Å²) < 4.78 is 48.7. The van der Waals surface area contributed by atoms with Gasteiger partial charge >= 0.3 is 6.18 Å². The van der Waals surface area contributed by atoms with Crippen LogP contribution in [-0.2, 0) is 22.2 Å². The quantitative estimate of drug-likeness (QED) is 0.678. The Morgan fingerprint density at radius 3 is 2.59 bits per heavy atom. The summed E-state index contributed by atoms with van der Waals surface area (Å²) in [6, 6.07) is 7.65. The van der Waals surface area contributed by atoms with E-state index in [-0.39, 0.29) is 18.9 Å². The smallest absolute Gasteiger partial charge is 0.416 e. The first kappa shape index (κ1) is 20.5. The van der Waals surface area contributed by atoms with Crippen molar-refractivity contribution in [3.8, 4) is 11.5 Å². The van der Waals surface area contributed by atoms with Gasteiger partial charge in [-0.1, -0.05) is 12.1 Å². The van der Waals surface area contributed by atoms with Gasteiger partial charge in [-0.3, -0.25) is 9.59 Å². The van der Waals surface area contributed by atoms with Gasteiger partial charge in [0, 0.05) is 5.69 Å². The number of nitrogens with one attached hydrogen (secondary N) is 2. The highest BCUT2D eigenvalue weighted by molar-refractivity contribution is 5.97. The lowest BCUT2D eigenvalue weighted by molar-refractivity contribution is -0.137. The molecule has 1 aliphatic heterocycles. The largest absolute Gasteiger partial charge is 0.454 e. The molecule has 154 valence electrons. The number of aliphatic hydroxyl groups is 1. The van der Waals surface area contributed by atoms with Crippen molar-refractivity contribution in [2.45, 2.75) is 18.6 Å². The number of halogens is 3. The van der Waals surface area contributed by atoms with Gasteiger partial charge in [0.2, 0.25) is 18.6 Å². The van der Waals surface area contributed by atoms with E-state index in [1.165, 1.54) is 6.07 Å².